The second-order valence-electron chi connectivity index (χ2n) is 7.06. The molecule has 0 saturated carbocycles. The predicted octanol–water partition coefficient (Wildman–Crippen LogP) is 2.49. The fourth-order valence-electron chi connectivity index (χ4n) is 3.11. The Morgan fingerprint density at radius 3 is 2.35 bits per heavy atom. The standard InChI is InChI=1S/C22H24N4O4S/c1-2-3-9-20-24-14-19(21(23)27)26(20)15-16-10-12-18(13-11-16)31(29,30)25-22(28)17-7-5-4-6-8-17/h4-8,10-14H,2-3,9,15H2,1H3,(H2,23,27)(H,25,28). The molecule has 8 nitrogen and oxygen atoms in total. The average Bonchev–Trinajstić information content (AvgIpc) is 3.15. The smallest absolute Gasteiger partial charge is 0.266 e. The van der Waals surface area contributed by atoms with E-state index >= 15 is 0 Å². The van der Waals surface area contributed by atoms with Crippen molar-refractivity contribution < 1.29 is 18.0 Å². The minimum absolute atomic E-state index is 0.0347. The van der Waals surface area contributed by atoms with Gasteiger partial charge in [0.05, 0.1) is 11.1 Å². The van der Waals surface area contributed by atoms with Crippen LogP contribution in [-0.4, -0.2) is 29.8 Å². The molecular formula is C22H24N4O4S. The zero-order valence-electron chi connectivity index (χ0n) is 17.1. The number of hydrogen-bond acceptors (Lipinski definition) is 5. The molecule has 1 heterocycles. The summed E-state index contributed by atoms with van der Waals surface area (Å²) in [5, 5.41) is 0. The molecule has 0 aliphatic rings. The Kier molecular flexibility index (Phi) is 6.86. The van der Waals surface area contributed by atoms with E-state index in [9.17, 15) is 18.0 Å². The van der Waals surface area contributed by atoms with E-state index in [-0.39, 0.29) is 10.5 Å². The van der Waals surface area contributed by atoms with Gasteiger partial charge in [0.2, 0.25) is 0 Å². The Balaban J connectivity index is 1.78. The number of unbranched alkanes of at least 4 members (excludes halogenated alkanes) is 1. The van der Waals surface area contributed by atoms with Gasteiger partial charge in [-0.1, -0.05) is 43.7 Å². The summed E-state index contributed by atoms with van der Waals surface area (Å²) in [7, 11) is -4.02. The van der Waals surface area contributed by atoms with Crippen LogP contribution in [0, 0.1) is 0 Å². The summed E-state index contributed by atoms with van der Waals surface area (Å²) in [6.07, 6.45) is 4.08. The lowest BCUT2D eigenvalue weighted by Gasteiger charge is -2.12. The SMILES string of the molecule is CCCCc1ncc(C(N)=O)n1Cc1ccc(S(=O)(=O)NC(=O)c2ccccc2)cc1. The second kappa shape index (κ2) is 9.57. The van der Waals surface area contributed by atoms with Crippen LogP contribution in [0.4, 0.5) is 0 Å². The fourth-order valence-corrected chi connectivity index (χ4v) is 4.08. The number of nitrogens with two attached hydrogens (primary N) is 1. The number of rotatable bonds is 9. The molecule has 3 rings (SSSR count). The molecule has 9 heteroatoms. The van der Waals surface area contributed by atoms with Crippen molar-refractivity contribution in [2.24, 2.45) is 5.73 Å². The molecule has 0 unspecified atom stereocenters. The quantitative estimate of drug-likeness (QED) is 0.529. The first kappa shape index (κ1) is 22.2. The van der Waals surface area contributed by atoms with Crippen LogP contribution in [0.5, 0.6) is 0 Å². The van der Waals surface area contributed by atoms with Gasteiger partial charge in [-0.05, 0) is 36.2 Å². The van der Waals surface area contributed by atoms with Crippen molar-refractivity contribution in [1.82, 2.24) is 14.3 Å². The molecule has 0 aliphatic carbocycles. The third kappa shape index (κ3) is 5.37. The lowest BCUT2D eigenvalue weighted by atomic mass is 10.2. The number of sulfonamides is 1. The molecular weight excluding hydrogens is 416 g/mol. The maximum absolute atomic E-state index is 12.6. The molecule has 0 bridgehead atoms. The number of carbonyl (C=O) groups is 2. The largest absolute Gasteiger partial charge is 0.364 e. The van der Waals surface area contributed by atoms with Gasteiger partial charge in [0.1, 0.15) is 11.5 Å². The number of aryl methyl sites for hydroxylation is 1. The topological polar surface area (TPSA) is 124 Å². The molecule has 0 saturated heterocycles. The third-order valence-corrected chi connectivity index (χ3v) is 6.13. The first-order valence-electron chi connectivity index (χ1n) is 9.87. The molecule has 0 atom stereocenters. The van der Waals surface area contributed by atoms with E-state index in [2.05, 4.69) is 16.6 Å². The molecule has 2 aromatic carbocycles. The number of carbonyl (C=O) groups excluding carboxylic acids is 2. The first-order valence-corrected chi connectivity index (χ1v) is 11.4. The van der Waals surface area contributed by atoms with Gasteiger partial charge in [0.25, 0.3) is 21.8 Å². The van der Waals surface area contributed by atoms with Gasteiger partial charge in [-0.25, -0.2) is 18.1 Å². The third-order valence-electron chi connectivity index (χ3n) is 4.78. The highest BCUT2D eigenvalue weighted by atomic mass is 32.2. The molecule has 2 amide bonds. The fraction of sp³-hybridized carbons (Fsp3) is 0.227. The molecule has 0 spiro atoms. The van der Waals surface area contributed by atoms with Gasteiger partial charge in [0.15, 0.2) is 0 Å². The second-order valence-corrected chi connectivity index (χ2v) is 8.74. The molecule has 0 fully saturated rings. The molecule has 3 N–H and O–H groups in total. The van der Waals surface area contributed by atoms with E-state index in [1.807, 2.05) is 0 Å². The minimum Gasteiger partial charge on any atom is -0.364 e. The highest BCUT2D eigenvalue weighted by Gasteiger charge is 2.19. The summed E-state index contributed by atoms with van der Waals surface area (Å²) >= 11 is 0. The summed E-state index contributed by atoms with van der Waals surface area (Å²) in [6.45, 7) is 2.39. The van der Waals surface area contributed by atoms with Crippen LogP contribution in [0.3, 0.4) is 0 Å². The van der Waals surface area contributed by atoms with Gasteiger partial charge >= 0.3 is 0 Å². The van der Waals surface area contributed by atoms with E-state index in [4.69, 9.17) is 5.73 Å². The number of benzene rings is 2. The van der Waals surface area contributed by atoms with E-state index in [1.165, 1.54) is 30.5 Å². The van der Waals surface area contributed by atoms with Crippen molar-refractivity contribution in [2.75, 3.05) is 0 Å². The van der Waals surface area contributed by atoms with Crippen LogP contribution in [0.15, 0.2) is 65.7 Å². The number of nitrogens with zero attached hydrogens (tertiary/aromatic N) is 2. The first-order chi connectivity index (χ1) is 14.8. The van der Waals surface area contributed by atoms with Crippen molar-refractivity contribution in [3.63, 3.8) is 0 Å². The summed E-state index contributed by atoms with van der Waals surface area (Å²) in [6, 6.07) is 14.2. The van der Waals surface area contributed by atoms with Crippen LogP contribution in [0.25, 0.3) is 0 Å². The zero-order chi connectivity index (χ0) is 22.4. The normalized spacial score (nSPS) is 11.3. The molecule has 3 aromatic rings. The Hall–Kier alpha value is -3.46. The zero-order valence-corrected chi connectivity index (χ0v) is 17.9. The number of aromatic nitrogens is 2. The van der Waals surface area contributed by atoms with E-state index in [1.54, 1.807) is 34.9 Å². The lowest BCUT2D eigenvalue weighted by molar-refractivity contribution is 0.0976. The highest BCUT2D eigenvalue weighted by Crippen LogP contribution is 2.16. The highest BCUT2D eigenvalue weighted by molar-refractivity contribution is 7.90. The van der Waals surface area contributed by atoms with Crippen molar-refractivity contribution in [3.8, 4) is 0 Å². The van der Waals surface area contributed by atoms with E-state index in [0.717, 1.165) is 24.2 Å². The maximum atomic E-state index is 12.6. The maximum Gasteiger partial charge on any atom is 0.266 e. The summed E-state index contributed by atoms with van der Waals surface area (Å²) < 4.78 is 28.9. The molecule has 0 aliphatic heterocycles. The van der Waals surface area contributed by atoms with Crippen molar-refractivity contribution in [2.45, 2.75) is 37.6 Å². The minimum atomic E-state index is -4.02. The Morgan fingerprint density at radius 1 is 1.06 bits per heavy atom. The van der Waals surface area contributed by atoms with Gasteiger partial charge in [-0.15, -0.1) is 0 Å². The number of amides is 2. The average molecular weight is 441 g/mol. The van der Waals surface area contributed by atoms with Gasteiger partial charge in [0, 0.05) is 18.5 Å². The van der Waals surface area contributed by atoms with E-state index < -0.39 is 21.8 Å². The predicted molar refractivity (Wildman–Crippen MR) is 116 cm³/mol. The van der Waals surface area contributed by atoms with Crippen LogP contribution in [-0.2, 0) is 23.0 Å². The summed E-state index contributed by atoms with van der Waals surface area (Å²) in [4.78, 5) is 28.2. The van der Waals surface area contributed by atoms with Crippen molar-refractivity contribution in [3.05, 3.63) is 83.4 Å². The molecule has 0 radical (unpaired) electrons. The molecule has 1 aromatic heterocycles. The van der Waals surface area contributed by atoms with Crippen LogP contribution in [0.2, 0.25) is 0 Å². The molecule has 162 valence electrons. The molecule has 31 heavy (non-hydrogen) atoms. The lowest BCUT2D eigenvalue weighted by Crippen LogP contribution is -2.30. The number of imidazole rings is 1. The van der Waals surface area contributed by atoms with Crippen molar-refractivity contribution in [1.29, 1.82) is 0 Å². The summed E-state index contributed by atoms with van der Waals surface area (Å²) in [5.74, 6) is -0.518. The van der Waals surface area contributed by atoms with Gasteiger partial charge in [-0.2, -0.15) is 0 Å². The number of primary amides is 1. The number of hydrogen-bond donors (Lipinski definition) is 2. The Labute approximate surface area is 181 Å². The Bertz CT molecular complexity index is 1170. The Morgan fingerprint density at radius 2 is 1.74 bits per heavy atom. The number of nitrogens with one attached hydrogen (secondary N) is 1. The van der Waals surface area contributed by atoms with E-state index in [0.29, 0.717) is 18.7 Å². The van der Waals surface area contributed by atoms with Crippen LogP contribution in [0.1, 0.15) is 52.0 Å². The van der Waals surface area contributed by atoms with Crippen LogP contribution >= 0.6 is 0 Å². The van der Waals surface area contributed by atoms with Crippen LogP contribution < -0.4 is 10.5 Å². The van der Waals surface area contributed by atoms with Gasteiger partial charge < -0.3 is 10.3 Å². The summed E-state index contributed by atoms with van der Waals surface area (Å²) in [5.41, 5.74) is 6.79. The monoisotopic (exact) mass is 440 g/mol. The van der Waals surface area contributed by atoms with Gasteiger partial charge in [-0.3, -0.25) is 9.59 Å². The van der Waals surface area contributed by atoms with Crippen molar-refractivity contribution >= 4 is 21.8 Å².